The summed E-state index contributed by atoms with van der Waals surface area (Å²) in [4.78, 5) is 13.9. The first-order valence-electron chi connectivity index (χ1n) is 5.32. The molecule has 1 N–H and O–H groups in total. The number of hydrogen-bond acceptors (Lipinski definition) is 3. The summed E-state index contributed by atoms with van der Waals surface area (Å²) in [5, 5.41) is 2.87. The second-order valence-corrected chi connectivity index (χ2v) is 4.69. The molecule has 0 aromatic carbocycles. The van der Waals surface area contributed by atoms with Gasteiger partial charge in [-0.3, -0.25) is 4.79 Å². The molecular formula is C11H24N2O2. The van der Waals surface area contributed by atoms with Gasteiger partial charge >= 0.3 is 0 Å². The first-order chi connectivity index (χ1) is 6.90. The van der Waals surface area contributed by atoms with Crippen LogP contribution in [0.25, 0.3) is 0 Å². The molecule has 1 amide bonds. The van der Waals surface area contributed by atoms with Crippen LogP contribution in [0.15, 0.2) is 0 Å². The van der Waals surface area contributed by atoms with Crippen LogP contribution in [0.3, 0.4) is 0 Å². The molecule has 0 aliphatic heterocycles. The minimum absolute atomic E-state index is 0.0985. The van der Waals surface area contributed by atoms with Gasteiger partial charge in [0.2, 0.25) is 5.91 Å². The van der Waals surface area contributed by atoms with Crippen LogP contribution in [0.5, 0.6) is 0 Å². The smallest absolute Gasteiger partial charge is 0.225 e. The maximum atomic E-state index is 11.8. The zero-order valence-corrected chi connectivity index (χ0v) is 10.6. The number of nitrogens with zero attached hydrogens (tertiary/aromatic N) is 1. The lowest BCUT2D eigenvalue weighted by atomic mass is 9.88. The first kappa shape index (κ1) is 14.4. The Morgan fingerprint density at radius 3 is 2.47 bits per heavy atom. The van der Waals surface area contributed by atoms with Crippen molar-refractivity contribution in [1.82, 2.24) is 10.2 Å². The number of amides is 1. The lowest BCUT2D eigenvalue weighted by Crippen LogP contribution is -2.40. The SMILES string of the molecule is COCCNC(=O)C(C)(C)CCN(C)C. The Morgan fingerprint density at radius 2 is 2.00 bits per heavy atom. The van der Waals surface area contributed by atoms with E-state index in [-0.39, 0.29) is 11.3 Å². The number of carbonyl (C=O) groups is 1. The summed E-state index contributed by atoms with van der Waals surface area (Å²) in [6.07, 6.45) is 0.860. The zero-order chi connectivity index (χ0) is 11.9. The molecule has 0 saturated carbocycles. The van der Waals surface area contributed by atoms with Gasteiger partial charge in [0.1, 0.15) is 0 Å². The van der Waals surface area contributed by atoms with Gasteiger partial charge in [-0.15, -0.1) is 0 Å². The monoisotopic (exact) mass is 216 g/mol. The van der Waals surface area contributed by atoms with E-state index in [1.165, 1.54) is 0 Å². The van der Waals surface area contributed by atoms with E-state index in [2.05, 4.69) is 10.2 Å². The molecule has 90 valence electrons. The van der Waals surface area contributed by atoms with Crippen molar-refractivity contribution < 1.29 is 9.53 Å². The number of hydrogen-bond donors (Lipinski definition) is 1. The molecule has 15 heavy (non-hydrogen) atoms. The molecule has 0 atom stereocenters. The van der Waals surface area contributed by atoms with Crippen molar-refractivity contribution >= 4 is 5.91 Å². The highest BCUT2D eigenvalue weighted by Crippen LogP contribution is 2.20. The van der Waals surface area contributed by atoms with Gasteiger partial charge in [-0.05, 0) is 27.1 Å². The van der Waals surface area contributed by atoms with Gasteiger partial charge in [0.05, 0.1) is 6.61 Å². The van der Waals surface area contributed by atoms with Crippen LogP contribution in [-0.2, 0) is 9.53 Å². The van der Waals surface area contributed by atoms with Gasteiger partial charge < -0.3 is 15.0 Å². The minimum Gasteiger partial charge on any atom is -0.383 e. The third kappa shape index (κ3) is 6.47. The molecule has 0 radical (unpaired) electrons. The molecule has 4 heteroatoms. The van der Waals surface area contributed by atoms with Gasteiger partial charge in [-0.2, -0.15) is 0 Å². The predicted octanol–water partition coefficient (Wildman–Crippen LogP) is 0.727. The van der Waals surface area contributed by atoms with Gasteiger partial charge in [-0.1, -0.05) is 13.8 Å². The molecule has 0 spiro atoms. The predicted molar refractivity (Wildman–Crippen MR) is 61.8 cm³/mol. The van der Waals surface area contributed by atoms with Gasteiger partial charge in [-0.25, -0.2) is 0 Å². The first-order valence-corrected chi connectivity index (χ1v) is 5.32. The topological polar surface area (TPSA) is 41.6 Å². The summed E-state index contributed by atoms with van der Waals surface area (Å²) in [6.45, 7) is 6.01. The Kier molecular flexibility index (Phi) is 6.52. The van der Waals surface area contributed by atoms with E-state index in [1.807, 2.05) is 27.9 Å². The molecule has 0 fully saturated rings. The number of methoxy groups -OCH3 is 1. The van der Waals surface area contributed by atoms with Crippen molar-refractivity contribution in [3.05, 3.63) is 0 Å². The second kappa shape index (κ2) is 6.80. The van der Waals surface area contributed by atoms with E-state index in [1.54, 1.807) is 7.11 Å². The van der Waals surface area contributed by atoms with Crippen molar-refractivity contribution in [2.75, 3.05) is 40.9 Å². The Morgan fingerprint density at radius 1 is 1.40 bits per heavy atom. The van der Waals surface area contributed by atoms with Crippen LogP contribution in [0.2, 0.25) is 0 Å². The fourth-order valence-corrected chi connectivity index (χ4v) is 1.12. The number of nitrogens with one attached hydrogen (secondary N) is 1. The third-order valence-corrected chi connectivity index (χ3v) is 2.39. The summed E-state index contributed by atoms with van der Waals surface area (Å²) in [7, 11) is 5.65. The molecule has 0 aliphatic carbocycles. The van der Waals surface area contributed by atoms with Crippen molar-refractivity contribution in [1.29, 1.82) is 0 Å². The highest BCUT2D eigenvalue weighted by molar-refractivity contribution is 5.81. The molecule has 0 saturated heterocycles. The number of rotatable bonds is 7. The summed E-state index contributed by atoms with van der Waals surface area (Å²) in [5.74, 6) is 0.0985. The van der Waals surface area contributed by atoms with Gasteiger partial charge in [0, 0.05) is 19.1 Å². The summed E-state index contributed by atoms with van der Waals surface area (Å²) < 4.78 is 4.88. The van der Waals surface area contributed by atoms with Crippen LogP contribution in [0.1, 0.15) is 20.3 Å². The third-order valence-electron chi connectivity index (χ3n) is 2.39. The van der Waals surface area contributed by atoms with Crippen LogP contribution < -0.4 is 5.32 Å². The van der Waals surface area contributed by atoms with E-state index in [4.69, 9.17) is 4.74 Å². The van der Waals surface area contributed by atoms with E-state index in [9.17, 15) is 4.79 Å². The van der Waals surface area contributed by atoms with Crippen molar-refractivity contribution in [2.45, 2.75) is 20.3 Å². The van der Waals surface area contributed by atoms with E-state index in [0.717, 1.165) is 13.0 Å². The standard InChI is InChI=1S/C11H24N2O2/c1-11(2,6-8-13(3)4)10(14)12-7-9-15-5/h6-9H2,1-5H3,(H,12,14). The zero-order valence-electron chi connectivity index (χ0n) is 10.6. The molecule has 0 bridgehead atoms. The Labute approximate surface area is 93.0 Å². The van der Waals surface area contributed by atoms with Gasteiger partial charge in [0.25, 0.3) is 0 Å². The van der Waals surface area contributed by atoms with Crippen LogP contribution >= 0.6 is 0 Å². The van der Waals surface area contributed by atoms with E-state index < -0.39 is 0 Å². The molecule has 4 nitrogen and oxygen atoms in total. The van der Waals surface area contributed by atoms with Crippen LogP contribution in [0.4, 0.5) is 0 Å². The normalized spacial score (nSPS) is 11.9. The van der Waals surface area contributed by atoms with Crippen LogP contribution in [-0.4, -0.2) is 51.7 Å². The highest BCUT2D eigenvalue weighted by Gasteiger charge is 2.26. The molecule has 0 aromatic heterocycles. The average molecular weight is 216 g/mol. The van der Waals surface area contributed by atoms with E-state index in [0.29, 0.717) is 13.2 Å². The summed E-state index contributed by atoms with van der Waals surface area (Å²) in [5.41, 5.74) is -0.308. The maximum absolute atomic E-state index is 11.8. The molecule has 0 unspecified atom stereocenters. The minimum atomic E-state index is -0.308. The fourth-order valence-electron chi connectivity index (χ4n) is 1.12. The number of ether oxygens (including phenoxy) is 1. The van der Waals surface area contributed by atoms with Crippen molar-refractivity contribution in [2.24, 2.45) is 5.41 Å². The fraction of sp³-hybridized carbons (Fsp3) is 0.909. The molecule has 0 aromatic rings. The number of carbonyl (C=O) groups excluding carboxylic acids is 1. The van der Waals surface area contributed by atoms with Gasteiger partial charge in [0.15, 0.2) is 0 Å². The average Bonchev–Trinajstić information content (AvgIpc) is 2.15. The Bertz CT molecular complexity index is 191. The quantitative estimate of drug-likeness (QED) is 0.638. The lowest BCUT2D eigenvalue weighted by molar-refractivity contribution is -0.130. The summed E-state index contributed by atoms with van der Waals surface area (Å²) >= 11 is 0. The molecular weight excluding hydrogens is 192 g/mol. The van der Waals surface area contributed by atoms with Crippen LogP contribution in [0, 0.1) is 5.41 Å². The van der Waals surface area contributed by atoms with E-state index >= 15 is 0 Å². The summed E-state index contributed by atoms with van der Waals surface area (Å²) in [6, 6.07) is 0. The second-order valence-electron chi connectivity index (χ2n) is 4.69. The largest absolute Gasteiger partial charge is 0.383 e. The lowest BCUT2D eigenvalue weighted by Gasteiger charge is -2.25. The molecule has 0 rings (SSSR count). The molecule has 0 heterocycles. The Balaban J connectivity index is 3.91. The molecule has 0 aliphatic rings. The van der Waals surface area contributed by atoms with Crippen molar-refractivity contribution in [3.8, 4) is 0 Å². The highest BCUT2D eigenvalue weighted by atomic mass is 16.5. The van der Waals surface area contributed by atoms with Crippen molar-refractivity contribution in [3.63, 3.8) is 0 Å². The maximum Gasteiger partial charge on any atom is 0.225 e. The Hall–Kier alpha value is -0.610.